The van der Waals surface area contributed by atoms with Crippen molar-refractivity contribution in [2.24, 2.45) is 7.05 Å². The largest absolute Gasteiger partial charge is 0.302 e. The molecule has 0 amide bonds. The van der Waals surface area contributed by atoms with Gasteiger partial charge in [0.05, 0.1) is 5.69 Å². The second kappa shape index (κ2) is 4.00. The van der Waals surface area contributed by atoms with E-state index in [1.165, 1.54) is 16.8 Å². The molecule has 0 unspecified atom stereocenters. The van der Waals surface area contributed by atoms with Gasteiger partial charge in [-0.15, -0.1) is 0 Å². The van der Waals surface area contributed by atoms with Gasteiger partial charge in [0.1, 0.15) is 0 Å². The first kappa shape index (κ1) is 10.5. The molecule has 2 heterocycles. The van der Waals surface area contributed by atoms with Crippen LogP contribution in [0.1, 0.15) is 11.3 Å². The van der Waals surface area contributed by atoms with E-state index in [4.69, 9.17) is 0 Å². The monoisotopic (exact) mass is 227 g/mol. The molecule has 88 valence electrons. The number of fused-ring (bicyclic) bond motifs is 1. The Labute approximate surface area is 102 Å². The van der Waals surface area contributed by atoms with Crippen LogP contribution in [0, 0.1) is 0 Å². The lowest BCUT2D eigenvalue weighted by atomic mass is 10.0. The minimum absolute atomic E-state index is 1.01. The van der Waals surface area contributed by atoms with Gasteiger partial charge in [-0.2, -0.15) is 5.10 Å². The van der Waals surface area contributed by atoms with Crippen molar-refractivity contribution in [2.45, 2.75) is 13.0 Å². The van der Waals surface area contributed by atoms with Crippen LogP contribution in [0.4, 0.5) is 0 Å². The van der Waals surface area contributed by atoms with Crippen LogP contribution in [-0.2, 0) is 20.0 Å². The molecule has 0 spiro atoms. The molecule has 1 aliphatic heterocycles. The molecular formula is C14H17N3. The van der Waals surface area contributed by atoms with Gasteiger partial charge < -0.3 is 4.90 Å². The lowest BCUT2D eigenvalue weighted by molar-refractivity contribution is 0.309. The van der Waals surface area contributed by atoms with E-state index >= 15 is 0 Å². The number of rotatable bonds is 1. The van der Waals surface area contributed by atoms with Gasteiger partial charge in [-0.3, -0.25) is 4.68 Å². The molecule has 1 aromatic carbocycles. The van der Waals surface area contributed by atoms with Gasteiger partial charge in [-0.25, -0.2) is 0 Å². The van der Waals surface area contributed by atoms with Crippen LogP contribution in [-0.4, -0.2) is 28.3 Å². The topological polar surface area (TPSA) is 21.1 Å². The van der Waals surface area contributed by atoms with E-state index < -0.39 is 0 Å². The van der Waals surface area contributed by atoms with Crippen LogP contribution in [0.3, 0.4) is 0 Å². The van der Waals surface area contributed by atoms with Gasteiger partial charge in [-0.05, 0) is 7.05 Å². The molecular weight excluding hydrogens is 210 g/mol. The standard InChI is InChI=1S/C14H17N3/c1-16-9-8-13-12(10-16)14(15-17(13)2)11-6-4-3-5-7-11/h3-7H,8-10H2,1-2H3. The number of hydrogen-bond acceptors (Lipinski definition) is 2. The van der Waals surface area contributed by atoms with Crippen molar-refractivity contribution in [2.75, 3.05) is 13.6 Å². The van der Waals surface area contributed by atoms with Crippen LogP contribution < -0.4 is 0 Å². The van der Waals surface area contributed by atoms with Gasteiger partial charge in [0.25, 0.3) is 0 Å². The summed E-state index contributed by atoms with van der Waals surface area (Å²) in [6.45, 7) is 2.13. The van der Waals surface area contributed by atoms with Crippen molar-refractivity contribution in [1.29, 1.82) is 0 Å². The van der Waals surface area contributed by atoms with E-state index in [9.17, 15) is 0 Å². The predicted octanol–water partition coefficient (Wildman–Crippen LogP) is 2.08. The minimum Gasteiger partial charge on any atom is -0.302 e. The zero-order chi connectivity index (χ0) is 11.8. The van der Waals surface area contributed by atoms with Gasteiger partial charge in [0.15, 0.2) is 0 Å². The highest BCUT2D eigenvalue weighted by molar-refractivity contribution is 5.64. The molecule has 0 N–H and O–H groups in total. The summed E-state index contributed by atoms with van der Waals surface area (Å²) in [6, 6.07) is 10.5. The van der Waals surface area contributed by atoms with E-state index in [1.807, 2.05) is 10.7 Å². The Balaban J connectivity index is 2.13. The van der Waals surface area contributed by atoms with Crippen molar-refractivity contribution in [3.8, 4) is 11.3 Å². The Hall–Kier alpha value is -1.61. The third-order valence-electron chi connectivity index (χ3n) is 3.48. The number of nitrogens with zero attached hydrogens (tertiary/aromatic N) is 3. The van der Waals surface area contributed by atoms with Crippen LogP contribution in [0.15, 0.2) is 30.3 Å². The first-order valence-corrected chi connectivity index (χ1v) is 6.04. The van der Waals surface area contributed by atoms with E-state index in [1.54, 1.807) is 0 Å². The molecule has 0 saturated heterocycles. The second-order valence-electron chi connectivity index (χ2n) is 4.75. The molecule has 0 radical (unpaired) electrons. The van der Waals surface area contributed by atoms with Crippen LogP contribution in [0.2, 0.25) is 0 Å². The number of benzene rings is 1. The van der Waals surface area contributed by atoms with Crippen molar-refractivity contribution in [3.63, 3.8) is 0 Å². The molecule has 3 heteroatoms. The van der Waals surface area contributed by atoms with Crippen LogP contribution in [0.25, 0.3) is 11.3 Å². The van der Waals surface area contributed by atoms with Crippen molar-refractivity contribution >= 4 is 0 Å². The summed E-state index contributed by atoms with van der Waals surface area (Å²) in [4.78, 5) is 2.36. The molecule has 1 aromatic heterocycles. The number of aromatic nitrogens is 2. The molecule has 0 aliphatic carbocycles. The Bertz CT molecular complexity index is 528. The molecule has 17 heavy (non-hydrogen) atoms. The molecule has 0 atom stereocenters. The maximum absolute atomic E-state index is 4.69. The maximum atomic E-state index is 4.69. The number of likely N-dealkylation sites (N-methyl/N-ethyl adjacent to an activating group) is 1. The summed E-state index contributed by atoms with van der Waals surface area (Å²) in [5.74, 6) is 0. The van der Waals surface area contributed by atoms with Crippen molar-refractivity contribution in [1.82, 2.24) is 14.7 Å². The fraction of sp³-hybridized carbons (Fsp3) is 0.357. The SMILES string of the molecule is CN1CCc2c(c(-c3ccccc3)nn2C)C1. The highest BCUT2D eigenvalue weighted by atomic mass is 15.3. The fourth-order valence-corrected chi connectivity index (χ4v) is 2.56. The normalized spacial score (nSPS) is 15.9. The molecule has 0 bridgehead atoms. The smallest absolute Gasteiger partial charge is 0.0971 e. The Morgan fingerprint density at radius 3 is 2.65 bits per heavy atom. The Kier molecular flexibility index (Phi) is 2.48. The van der Waals surface area contributed by atoms with E-state index in [2.05, 4.69) is 48.4 Å². The van der Waals surface area contributed by atoms with Crippen molar-refractivity contribution < 1.29 is 0 Å². The van der Waals surface area contributed by atoms with Gasteiger partial charge >= 0.3 is 0 Å². The second-order valence-corrected chi connectivity index (χ2v) is 4.75. The molecule has 0 saturated carbocycles. The number of aryl methyl sites for hydroxylation is 1. The number of hydrogen-bond donors (Lipinski definition) is 0. The summed E-state index contributed by atoms with van der Waals surface area (Å²) < 4.78 is 2.05. The minimum atomic E-state index is 1.01. The quantitative estimate of drug-likeness (QED) is 0.743. The lowest BCUT2D eigenvalue weighted by Gasteiger charge is -2.23. The zero-order valence-corrected chi connectivity index (χ0v) is 10.3. The van der Waals surface area contributed by atoms with Crippen LogP contribution in [0.5, 0.6) is 0 Å². The molecule has 3 rings (SSSR count). The summed E-state index contributed by atoms with van der Waals surface area (Å²) in [6.07, 6.45) is 1.10. The molecule has 2 aromatic rings. The average molecular weight is 227 g/mol. The maximum Gasteiger partial charge on any atom is 0.0971 e. The zero-order valence-electron chi connectivity index (χ0n) is 10.3. The van der Waals surface area contributed by atoms with Crippen LogP contribution >= 0.6 is 0 Å². The Morgan fingerprint density at radius 1 is 1.12 bits per heavy atom. The highest BCUT2D eigenvalue weighted by Gasteiger charge is 2.22. The summed E-state index contributed by atoms with van der Waals surface area (Å²) in [7, 11) is 4.22. The third-order valence-corrected chi connectivity index (χ3v) is 3.48. The summed E-state index contributed by atoms with van der Waals surface area (Å²) in [5, 5.41) is 4.69. The Morgan fingerprint density at radius 2 is 1.88 bits per heavy atom. The summed E-state index contributed by atoms with van der Waals surface area (Å²) >= 11 is 0. The first-order valence-electron chi connectivity index (χ1n) is 6.04. The fourth-order valence-electron chi connectivity index (χ4n) is 2.56. The predicted molar refractivity (Wildman–Crippen MR) is 68.7 cm³/mol. The summed E-state index contributed by atoms with van der Waals surface area (Å²) in [5.41, 5.74) is 5.16. The lowest BCUT2D eigenvalue weighted by Crippen LogP contribution is -2.27. The molecule has 1 aliphatic rings. The van der Waals surface area contributed by atoms with Gasteiger partial charge in [0.2, 0.25) is 0 Å². The molecule has 0 fully saturated rings. The van der Waals surface area contributed by atoms with Gasteiger partial charge in [-0.1, -0.05) is 30.3 Å². The molecule has 3 nitrogen and oxygen atoms in total. The third kappa shape index (κ3) is 1.76. The average Bonchev–Trinajstić information content (AvgIpc) is 2.67. The van der Waals surface area contributed by atoms with Crippen molar-refractivity contribution in [3.05, 3.63) is 41.6 Å². The van der Waals surface area contributed by atoms with Gasteiger partial charge in [0, 0.05) is 43.4 Å². The van der Waals surface area contributed by atoms with E-state index in [0.717, 1.165) is 25.2 Å². The van der Waals surface area contributed by atoms with E-state index in [-0.39, 0.29) is 0 Å². The van der Waals surface area contributed by atoms with E-state index in [0.29, 0.717) is 0 Å². The highest BCUT2D eigenvalue weighted by Crippen LogP contribution is 2.28. The first-order chi connectivity index (χ1) is 8.25.